The molecule has 0 bridgehead atoms. The summed E-state index contributed by atoms with van der Waals surface area (Å²) in [6.45, 7) is 0. The van der Waals surface area contributed by atoms with E-state index in [0.29, 0.717) is 25.1 Å². The van der Waals surface area contributed by atoms with Gasteiger partial charge in [0, 0.05) is 9.37 Å². The molecule has 0 saturated heterocycles. The van der Waals surface area contributed by atoms with E-state index in [0.717, 1.165) is 0 Å². The molecule has 0 unspecified atom stereocenters. The number of anilines is 1. The monoisotopic (exact) mass is 271 g/mol. The third kappa shape index (κ3) is 1.78. The zero-order valence-corrected chi connectivity index (χ0v) is 9.23. The van der Waals surface area contributed by atoms with Crippen LogP contribution in [0.2, 0.25) is 10.0 Å². The fourth-order valence-electron chi connectivity index (χ4n) is 0.597. The maximum absolute atomic E-state index is 5.76. The molecular formula is C6H4BrCl2NS. The zero-order valence-electron chi connectivity index (χ0n) is 5.24. The SMILES string of the molecule is Nc1c(S)cc(Br)c(Cl)c1Cl. The second-order valence-electron chi connectivity index (χ2n) is 1.92. The molecule has 0 spiro atoms. The molecule has 1 rings (SSSR count). The summed E-state index contributed by atoms with van der Waals surface area (Å²) in [7, 11) is 0. The van der Waals surface area contributed by atoms with Crippen LogP contribution in [0.4, 0.5) is 5.69 Å². The van der Waals surface area contributed by atoms with Crippen molar-refractivity contribution in [3.8, 4) is 0 Å². The van der Waals surface area contributed by atoms with Gasteiger partial charge in [-0.1, -0.05) is 23.2 Å². The van der Waals surface area contributed by atoms with Crippen LogP contribution in [0.3, 0.4) is 0 Å². The van der Waals surface area contributed by atoms with Crippen molar-refractivity contribution in [2.45, 2.75) is 4.90 Å². The molecule has 60 valence electrons. The molecule has 11 heavy (non-hydrogen) atoms. The molecular weight excluding hydrogens is 269 g/mol. The first-order valence-electron chi connectivity index (χ1n) is 2.66. The highest BCUT2D eigenvalue weighted by atomic mass is 79.9. The third-order valence-corrected chi connectivity index (χ3v) is 3.28. The lowest BCUT2D eigenvalue weighted by Crippen LogP contribution is -1.89. The van der Waals surface area contributed by atoms with E-state index < -0.39 is 0 Å². The summed E-state index contributed by atoms with van der Waals surface area (Å²) in [5, 5.41) is 0.757. The fourth-order valence-corrected chi connectivity index (χ4v) is 1.98. The van der Waals surface area contributed by atoms with Crippen molar-refractivity contribution < 1.29 is 0 Å². The summed E-state index contributed by atoms with van der Waals surface area (Å²) < 4.78 is 0.698. The molecule has 0 aromatic heterocycles. The first-order valence-corrected chi connectivity index (χ1v) is 4.65. The van der Waals surface area contributed by atoms with Crippen LogP contribution in [0.5, 0.6) is 0 Å². The fraction of sp³-hybridized carbons (Fsp3) is 0. The highest BCUT2D eigenvalue weighted by Crippen LogP contribution is 2.38. The number of hydrogen-bond donors (Lipinski definition) is 2. The molecule has 0 amide bonds. The minimum absolute atomic E-state index is 0.339. The van der Waals surface area contributed by atoms with Gasteiger partial charge < -0.3 is 5.73 Å². The molecule has 0 atom stereocenters. The molecule has 1 nitrogen and oxygen atoms in total. The standard InChI is InChI=1S/C6H4BrCl2NS/c7-2-1-3(11)6(10)5(9)4(2)8/h1,11H,10H2. The van der Waals surface area contributed by atoms with Crippen molar-refractivity contribution >= 4 is 57.4 Å². The average molecular weight is 273 g/mol. The van der Waals surface area contributed by atoms with Crippen molar-refractivity contribution in [1.29, 1.82) is 0 Å². The number of nitrogen functional groups attached to an aromatic ring is 1. The van der Waals surface area contributed by atoms with E-state index in [9.17, 15) is 0 Å². The Bertz CT molecular complexity index is 277. The molecule has 0 radical (unpaired) electrons. The summed E-state index contributed by atoms with van der Waals surface area (Å²) in [5.74, 6) is 0. The smallest absolute Gasteiger partial charge is 0.0844 e. The third-order valence-electron chi connectivity index (χ3n) is 1.18. The molecule has 1 aromatic carbocycles. The van der Waals surface area contributed by atoms with Crippen molar-refractivity contribution in [3.05, 3.63) is 20.6 Å². The first-order chi connectivity index (χ1) is 5.04. The Kier molecular flexibility index (Phi) is 2.97. The Balaban J connectivity index is 3.46. The lowest BCUT2D eigenvalue weighted by Gasteiger charge is -2.05. The molecule has 2 N–H and O–H groups in total. The number of nitrogens with two attached hydrogens (primary N) is 1. The topological polar surface area (TPSA) is 26.0 Å². The second-order valence-corrected chi connectivity index (χ2v) is 4.01. The molecule has 0 saturated carbocycles. The zero-order chi connectivity index (χ0) is 8.59. The van der Waals surface area contributed by atoms with Crippen LogP contribution in [0, 0.1) is 0 Å². The molecule has 5 heteroatoms. The van der Waals surface area contributed by atoms with Crippen LogP contribution in [0.1, 0.15) is 0 Å². The van der Waals surface area contributed by atoms with Crippen molar-refractivity contribution in [2.24, 2.45) is 0 Å². The van der Waals surface area contributed by atoms with Crippen LogP contribution in [0.15, 0.2) is 15.4 Å². The summed E-state index contributed by atoms with van der Waals surface area (Å²) >= 11 is 18.8. The van der Waals surface area contributed by atoms with Gasteiger partial charge in [-0.05, 0) is 22.0 Å². The summed E-state index contributed by atoms with van der Waals surface area (Å²) in [4.78, 5) is 0.617. The Morgan fingerprint density at radius 3 is 2.45 bits per heavy atom. The highest BCUT2D eigenvalue weighted by Gasteiger charge is 2.08. The van der Waals surface area contributed by atoms with Gasteiger partial charge in [0.25, 0.3) is 0 Å². The van der Waals surface area contributed by atoms with Gasteiger partial charge in [0.2, 0.25) is 0 Å². The quantitative estimate of drug-likeness (QED) is 0.421. The van der Waals surface area contributed by atoms with Crippen molar-refractivity contribution in [3.63, 3.8) is 0 Å². The summed E-state index contributed by atoms with van der Waals surface area (Å²) in [5.41, 5.74) is 5.94. The lowest BCUT2D eigenvalue weighted by molar-refractivity contribution is 1.45. The van der Waals surface area contributed by atoms with Gasteiger partial charge in [-0.2, -0.15) is 0 Å². The number of halogens is 3. The van der Waals surface area contributed by atoms with E-state index in [4.69, 9.17) is 28.9 Å². The van der Waals surface area contributed by atoms with Crippen LogP contribution < -0.4 is 5.73 Å². The Morgan fingerprint density at radius 1 is 1.36 bits per heavy atom. The Hall–Kier alpha value is 0.430. The maximum atomic E-state index is 5.76. The van der Waals surface area contributed by atoms with Gasteiger partial charge in [0.05, 0.1) is 15.7 Å². The largest absolute Gasteiger partial charge is 0.397 e. The summed E-state index contributed by atoms with van der Waals surface area (Å²) in [6, 6.07) is 1.70. The van der Waals surface area contributed by atoms with Gasteiger partial charge in [-0.25, -0.2) is 0 Å². The van der Waals surface area contributed by atoms with Crippen LogP contribution in [0.25, 0.3) is 0 Å². The highest BCUT2D eigenvalue weighted by molar-refractivity contribution is 9.10. The Labute approximate surface area is 88.4 Å². The van der Waals surface area contributed by atoms with E-state index in [-0.39, 0.29) is 0 Å². The predicted octanol–water partition coefficient (Wildman–Crippen LogP) is 3.63. The van der Waals surface area contributed by atoms with E-state index in [1.807, 2.05) is 0 Å². The Morgan fingerprint density at radius 2 is 1.91 bits per heavy atom. The van der Waals surface area contributed by atoms with Crippen LogP contribution >= 0.6 is 51.8 Å². The molecule has 0 fully saturated rings. The minimum atomic E-state index is 0.339. The second kappa shape index (κ2) is 3.44. The molecule has 0 aliphatic heterocycles. The predicted molar refractivity (Wildman–Crippen MR) is 55.8 cm³/mol. The number of thiol groups is 1. The molecule has 0 heterocycles. The van der Waals surface area contributed by atoms with Crippen molar-refractivity contribution in [2.75, 3.05) is 5.73 Å². The van der Waals surface area contributed by atoms with E-state index in [1.54, 1.807) is 6.07 Å². The van der Waals surface area contributed by atoms with Gasteiger partial charge in [-0.3, -0.25) is 0 Å². The lowest BCUT2D eigenvalue weighted by atomic mass is 10.3. The molecule has 0 aliphatic carbocycles. The van der Waals surface area contributed by atoms with Crippen LogP contribution in [-0.2, 0) is 0 Å². The number of benzene rings is 1. The number of rotatable bonds is 0. The van der Waals surface area contributed by atoms with Gasteiger partial charge in [0.15, 0.2) is 0 Å². The van der Waals surface area contributed by atoms with Gasteiger partial charge in [0.1, 0.15) is 0 Å². The average Bonchev–Trinajstić information content (AvgIpc) is 1.97. The van der Waals surface area contributed by atoms with Crippen molar-refractivity contribution in [1.82, 2.24) is 0 Å². The number of hydrogen-bond acceptors (Lipinski definition) is 2. The normalized spacial score (nSPS) is 10.2. The van der Waals surface area contributed by atoms with Gasteiger partial charge in [-0.15, -0.1) is 12.6 Å². The molecule has 1 aromatic rings. The van der Waals surface area contributed by atoms with E-state index in [2.05, 4.69) is 28.6 Å². The molecule has 0 aliphatic rings. The maximum Gasteiger partial charge on any atom is 0.0844 e. The van der Waals surface area contributed by atoms with E-state index in [1.165, 1.54) is 0 Å². The summed E-state index contributed by atoms with van der Waals surface area (Å²) in [6.07, 6.45) is 0. The minimum Gasteiger partial charge on any atom is -0.397 e. The first kappa shape index (κ1) is 9.52. The van der Waals surface area contributed by atoms with Gasteiger partial charge >= 0.3 is 0 Å². The van der Waals surface area contributed by atoms with E-state index >= 15 is 0 Å². The van der Waals surface area contributed by atoms with Crippen LogP contribution in [-0.4, -0.2) is 0 Å².